The number of hydrogen-bond acceptors (Lipinski definition) is 0. The monoisotopic (exact) mass is 166 g/mol. The highest BCUT2D eigenvalue weighted by Gasteiger charge is 2.07. The first kappa shape index (κ1) is 8.74. The molecule has 1 aromatic carbocycles. The van der Waals surface area contributed by atoms with E-state index < -0.39 is 0 Å². The van der Waals surface area contributed by atoms with Crippen LogP contribution in [0.15, 0.2) is 24.3 Å². The van der Waals surface area contributed by atoms with E-state index >= 15 is 0 Å². The standard InChI is InChI=1S/C9H10.CH5P/c1-2-5-9-7-3-6-8(9)4-1;1-2/h1-2,4-5H,3,6-7H2;2H2,1H3. The molecular formula is C10H15P. The third kappa shape index (κ3) is 2.04. The lowest BCUT2D eigenvalue weighted by molar-refractivity contribution is 0.912. The summed E-state index contributed by atoms with van der Waals surface area (Å²) in [4.78, 5) is 0. The van der Waals surface area contributed by atoms with Crippen LogP contribution in [0.2, 0.25) is 0 Å². The van der Waals surface area contributed by atoms with Crippen LogP contribution in [0.5, 0.6) is 0 Å². The summed E-state index contributed by atoms with van der Waals surface area (Å²) in [7, 11) is 2.42. The lowest BCUT2D eigenvalue weighted by atomic mass is 10.1. The van der Waals surface area contributed by atoms with Crippen LogP contribution in [0, 0.1) is 0 Å². The van der Waals surface area contributed by atoms with Crippen molar-refractivity contribution < 1.29 is 0 Å². The Morgan fingerprint density at radius 2 is 1.45 bits per heavy atom. The van der Waals surface area contributed by atoms with Crippen LogP contribution >= 0.6 is 9.24 Å². The molecule has 0 fully saturated rings. The first-order chi connectivity index (χ1) is 5.47. The van der Waals surface area contributed by atoms with Gasteiger partial charge in [0.15, 0.2) is 0 Å². The van der Waals surface area contributed by atoms with E-state index in [0.717, 1.165) is 0 Å². The van der Waals surface area contributed by atoms with Gasteiger partial charge < -0.3 is 0 Å². The molecule has 0 amide bonds. The van der Waals surface area contributed by atoms with Crippen LogP contribution in [0.1, 0.15) is 17.5 Å². The van der Waals surface area contributed by atoms with Crippen molar-refractivity contribution in [3.05, 3.63) is 35.4 Å². The maximum absolute atomic E-state index is 2.42. The van der Waals surface area contributed by atoms with Crippen LogP contribution in [-0.4, -0.2) is 6.66 Å². The first-order valence-corrected chi connectivity index (χ1v) is 5.27. The van der Waals surface area contributed by atoms with Gasteiger partial charge in [0, 0.05) is 0 Å². The summed E-state index contributed by atoms with van der Waals surface area (Å²) in [5, 5.41) is 0. The maximum atomic E-state index is 2.42. The minimum Gasteiger partial charge on any atom is -0.141 e. The molecule has 1 heteroatoms. The van der Waals surface area contributed by atoms with Crippen molar-refractivity contribution in [2.75, 3.05) is 6.66 Å². The summed E-state index contributed by atoms with van der Waals surface area (Å²) >= 11 is 0. The van der Waals surface area contributed by atoms with E-state index in [1.807, 2.05) is 6.66 Å². The molecule has 0 spiro atoms. The molecule has 0 heterocycles. The largest absolute Gasteiger partial charge is 0.141 e. The van der Waals surface area contributed by atoms with E-state index in [4.69, 9.17) is 0 Å². The van der Waals surface area contributed by atoms with Gasteiger partial charge in [-0.1, -0.05) is 30.9 Å². The number of benzene rings is 1. The zero-order valence-electron chi connectivity index (χ0n) is 7.01. The molecule has 1 aliphatic carbocycles. The minimum absolute atomic E-state index is 1.30. The second kappa shape index (κ2) is 4.51. The van der Waals surface area contributed by atoms with Crippen molar-refractivity contribution in [2.24, 2.45) is 0 Å². The van der Waals surface area contributed by atoms with Crippen LogP contribution in [0.3, 0.4) is 0 Å². The van der Waals surface area contributed by atoms with Crippen LogP contribution in [0.25, 0.3) is 0 Å². The Kier molecular flexibility index (Phi) is 3.59. The molecule has 1 aliphatic rings. The molecule has 11 heavy (non-hydrogen) atoms. The smallest absolute Gasteiger partial charge is 0.0273 e. The Balaban J connectivity index is 0.000000281. The van der Waals surface area contributed by atoms with Crippen LogP contribution in [0.4, 0.5) is 0 Å². The molecule has 0 radical (unpaired) electrons. The molecule has 0 saturated heterocycles. The Morgan fingerprint density at radius 1 is 1.00 bits per heavy atom. The highest BCUT2D eigenvalue weighted by Crippen LogP contribution is 2.20. The molecule has 0 aromatic heterocycles. The number of aryl methyl sites for hydroxylation is 2. The van der Waals surface area contributed by atoms with Crippen molar-refractivity contribution >= 4 is 9.24 Å². The number of fused-ring (bicyclic) bond motifs is 1. The topological polar surface area (TPSA) is 0 Å². The average Bonchev–Trinajstić information content (AvgIpc) is 2.55. The Bertz CT molecular complexity index is 195. The lowest BCUT2D eigenvalue weighted by Crippen LogP contribution is -1.77. The highest BCUT2D eigenvalue weighted by atomic mass is 31.0. The quantitative estimate of drug-likeness (QED) is 0.520. The van der Waals surface area contributed by atoms with Crippen LogP contribution in [-0.2, 0) is 12.8 Å². The zero-order chi connectivity index (χ0) is 8.10. The van der Waals surface area contributed by atoms with Gasteiger partial charge in [0.05, 0.1) is 0 Å². The SMILES string of the molecule is CP.c1ccc2c(c1)CCC2. The first-order valence-electron chi connectivity index (χ1n) is 4.11. The summed E-state index contributed by atoms with van der Waals surface area (Å²) in [5.41, 5.74) is 3.13. The fourth-order valence-corrected chi connectivity index (χ4v) is 1.51. The van der Waals surface area contributed by atoms with Gasteiger partial charge in [-0.2, -0.15) is 0 Å². The molecule has 1 atom stereocenters. The van der Waals surface area contributed by atoms with Gasteiger partial charge >= 0.3 is 0 Å². The second-order valence-corrected chi connectivity index (χ2v) is 2.62. The van der Waals surface area contributed by atoms with Crippen molar-refractivity contribution in [3.8, 4) is 0 Å². The summed E-state index contributed by atoms with van der Waals surface area (Å²) in [6.45, 7) is 1.92. The summed E-state index contributed by atoms with van der Waals surface area (Å²) in [5.74, 6) is 0. The molecule has 60 valence electrons. The lowest BCUT2D eigenvalue weighted by Gasteiger charge is -1.93. The average molecular weight is 166 g/mol. The number of hydrogen-bond donors (Lipinski definition) is 0. The van der Waals surface area contributed by atoms with E-state index in [0.29, 0.717) is 0 Å². The van der Waals surface area contributed by atoms with Crippen molar-refractivity contribution in [1.29, 1.82) is 0 Å². The predicted octanol–water partition coefficient (Wildman–Crippen LogP) is 2.67. The Hall–Kier alpha value is -0.350. The van der Waals surface area contributed by atoms with Gasteiger partial charge in [-0.3, -0.25) is 0 Å². The molecule has 1 unspecified atom stereocenters. The molecule has 0 N–H and O–H groups in total. The fraction of sp³-hybridized carbons (Fsp3) is 0.400. The van der Waals surface area contributed by atoms with Gasteiger partial charge in [-0.05, 0) is 30.4 Å². The zero-order valence-corrected chi connectivity index (χ0v) is 8.16. The maximum Gasteiger partial charge on any atom is -0.0273 e. The van der Waals surface area contributed by atoms with Gasteiger partial charge in [0.2, 0.25) is 0 Å². The summed E-state index contributed by atoms with van der Waals surface area (Å²) in [6, 6.07) is 8.74. The molecule has 0 nitrogen and oxygen atoms in total. The van der Waals surface area contributed by atoms with Crippen molar-refractivity contribution in [3.63, 3.8) is 0 Å². The van der Waals surface area contributed by atoms with E-state index in [9.17, 15) is 0 Å². The Labute approximate surface area is 71.2 Å². The number of rotatable bonds is 0. The summed E-state index contributed by atoms with van der Waals surface area (Å²) < 4.78 is 0. The molecule has 1 aromatic rings. The predicted molar refractivity (Wildman–Crippen MR) is 54.1 cm³/mol. The van der Waals surface area contributed by atoms with Gasteiger partial charge in [0.1, 0.15) is 0 Å². The molecule has 0 aliphatic heterocycles. The van der Waals surface area contributed by atoms with Gasteiger partial charge in [-0.25, -0.2) is 0 Å². The Morgan fingerprint density at radius 3 is 1.91 bits per heavy atom. The second-order valence-electron chi connectivity index (χ2n) is 2.62. The van der Waals surface area contributed by atoms with Gasteiger partial charge in [0.25, 0.3) is 0 Å². The molecule has 0 saturated carbocycles. The van der Waals surface area contributed by atoms with E-state index in [2.05, 4.69) is 33.5 Å². The van der Waals surface area contributed by atoms with E-state index in [1.54, 1.807) is 11.1 Å². The van der Waals surface area contributed by atoms with Crippen molar-refractivity contribution in [1.82, 2.24) is 0 Å². The van der Waals surface area contributed by atoms with Crippen LogP contribution < -0.4 is 0 Å². The third-order valence-electron chi connectivity index (χ3n) is 2.01. The minimum atomic E-state index is 1.30. The van der Waals surface area contributed by atoms with Gasteiger partial charge in [-0.15, -0.1) is 9.24 Å². The molecule has 0 bridgehead atoms. The summed E-state index contributed by atoms with van der Waals surface area (Å²) in [6.07, 6.45) is 3.96. The van der Waals surface area contributed by atoms with E-state index in [1.165, 1.54) is 19.3 Å². The highest BCUT2D eigenvalue weighted by molar-refractivity contribution is 7.15. The fourth-order valence-electron chi connectivity index (χ4n) is 1.51. The normalized spacial score (nSPS) is 13.3. The molecule has 2 rings (SSSR count). The third-order valence-corrected chi connectivity index (χ3v) is 2.01. The molecular weight excluding hydrogens is 151 g/mol. The van der Waals surface area contributed by atoms with E-state index in [-0.39, 0.29) is 0 Å². The van der Waals surface area contributed by atoms with Crippen molar-refractivity contribution in [2.45, 2.75) is 19.3 Å².